The normalized spacial score (nSPS) is 14.6. The number of hydrogen-bond acceptors (Lipinski definition) is 4. The second-order valence-corrected chi connectivity index (χ2v) is 9.51. The minimum atomic E-state index is -0.124. The van der Waals surface area contributed by atoms with Gasteiger partial charge in [-0.2, -0.15) is 0 Å². The predicted octanol–water partition coefficient (Wildman–Crippen LogP) is 4.95. The van der Waals surface area contributed by atoms with Gasteiger partial charge in [0.05, 0.1) is 18.6 Å². The first kappa shape index (κ1) is 26.3. The van der Waals surface area contributed by atoms with Gasteiger partial charge in [-0.05, 0) is 61.1 Å². The first-order chi connectivity index (χ1) is 18.1. The molecule has 2 N–H and O–H groups in total. The van der Waals surface area contributed by atoms with E-state index in [9.17, 15) is 9.59 Å². The van der Waals surface area contributed by atoms with E-state index in [2.05, 4.69) is 22.5 Å². The van der Waals surface area contributed by atoms with E-state index in [0.29, 0.717) is 12.1 Å². The Morgan fingerprint density at radius 3 is 2.30 bits per heavy atom. The summed E-state index contributed by atoms with van der Waals surface area (Å²) in [6, 6.07) is 25.8. The average molecular weight is 500 g/mol. The predicted molar refractivity (Wildman–Crippen MR) is 148 cm³/mol. The van der Waals surface area contributed by atoms with Crippen molar-refractivity contribution in [3.05, 3.63) is 95.6 Å². The Morgan fingerprint density at radius 1 is 0.946 bits per heavy atom. The quantitative estimate of drug-likeness (QED) is 0.414. The van der Waals surface area contributed by atoms with Crippen molar-refractivity contribution < 1.29 is 14.3 Å². The van der Waals surface area contributed by atoms with Crippen LogP contribution in [0.5, 0.6) is 5.75 Å². The van der Waals surface area contributed by atoms with Crippen molar-refractivity contribution in [3.63, 3.8) is 0 Å². The summed E-state index contributed by atoms with van der Waals surface area (Å²) in [7, 11) is 1.65. The SMILES string of the molecule is CCC(C(=O)NC1CCN(c2ccccc2C(=O)NCCc2ccc(OC)cc2)CC1)c1ccccc1. The van der Waals surface area contributed by atoms with Crippen LogP contribution in [0.15, 0.2) is 78.9 Å². The monoisotopic (exact) mass is 499 g/mol. The third-order valence-corrected chi connectivity index (χ3v) is 7.12. The third kappa shape index (κ3) is 6.91. The van der Waals surface area contributed by atoms with Crippen molar-refractivity contribution in [3.8, 4) is 5.75 Å². The Labute approximate surface area is 220 Å². The van der Waals surface area contributed by atoms with Gasteiger partial charge in [-0.25, -0.2) is 0 Å². The van der Waals surface area contributed by atoms with Crippen LogP contribution in [0.3, 0.4) is 0 Å². The molecule has 4 rings (SSSR count). The minimum absolute atomic E-state index is 0.0619. The number of para-hydroxylation sites is 1. The van der Waals surface area contributed by atoms with E-state index in [4.69, 9.17) is 4.74 Å². The van der Waals surface area contributed by atoms with E-state index in [0.717, 1.165) is 61.3 Å². The summed E-state index contributed by atoms with van der Waals surface area (Å²) in [6.45, 7) is 4.21. The smallest absolute Gasteiger partial charge is 0.253 e. The number of benzene rings is 3. The van der Waals surface area contributed by atoms with Crippen molar-refractivity contribution in [2.75, 3.05) is 31.6 Å². The zero-order valence-corrected chi connectivity index (χ0v) is 21.8. The summed E-state index contributed by atoms with van der Waals surface area (Å²) in [6.07, 6.45) is 3.23. The number of carbonyl (C=O) groups excluding carboxylic acids is 2. The first-order valence-electron chi connectivity index (χ1n) is 13.2. The van der Waals surface area contributed by atoms with Gasteiger partial charge >= 0.3 is 0 Å². The lowest BCUT2D eigenvalue weighted by atomic mass is 9.94. The molecule has 3 aromatic carbocycles. The topological polar surface area (TPSA) is 70.7 Å². The molecule has 3 aromatic rings. The van der Waals surface area contributed by atoms with Crippen LogP contribution in [0.4, 0.5) is 5.69 Å². The Balaban J connectivity index is 1.30. The molecule has 0 radical (unpaired) electrons. The molecule has 1 aliphatic heterocycles. The Bertz CT molecular complexity index is 1160. The molecule has 0 spiro atoms. The molecule has 37 heavy (non-hydrogen) atoms. The molecule has 0 aromatic heterocycles. The molecular weight excluding hydrogens is 462 g/mol. The molecule has 1 unspecified atom stereocenters. The van der Waals surface area contributed by atoms with E-state index in [1.54, 1.807) is 7.11 Å². The van der Waals surface area contributed by atoms with Crippen LogP contribution in [-0.2, 0) is 11.2 Å². The van der Waals surface area contributed by atoms with Gasteiger partial charge in [0.15, 0.2) is 0 Å². The van der Waals surface area contributed by atoms with E-state index < -0.39 is 0 Å². The van der Waals surface area contributed by atoms with Gasteiger partial charge in [0, 0.05) is 31.4 Å². The van der Waals surface area contributed by atoms with Gasteiger partial charge in [0.1, 0.15) is 5.75 Å². The molecule has 0 aliphatic carbocycles. The highest BCUT2D eigenvalue weighted by Crippen LogP contribution is 2.25. The molecule has 194 valence electrons. The van der Waals surface area contributed by atoms with E-state index in [-0.39, 0.29) is 23.8 Å². The third-order valence-electron chi connectivity index (χ3n) is 7.12. The molecule has 6 nitrogen and oxygen atoms in total. The minimum Gasteiger partial charge on any atom is -0.497 e. The Hall–Kier alpha value is -3.80. The van der Waals surface area contributed by atoms with Gasteiger partial charge in [-0.3, -0.25) is 9.59 Å². The standard InChI is InChI=1S/C31H37N3O3/c1-3-27(24-9-5-4-6-10-24)31(36)33-25-18-21-34(22-19-25)29-12-8-7-11-28(29)30(35)32-20-17-23-13-15-26(37-2)16-14-23/h4-16,25,27H,3,17-22H2,1-2H3,(H,32,35)(H,33,36). The summed E-state index contributed by atoms with van der Waals surface area (Å²) in [5.41, 5.74) is 3.85. The molecule has 1 heterocycles. The zero-order chi connectivity index (χ0) is 26.0. The van der Waals surface area contributed by atoms with Crippen LogP contribution < -0.4 is 20.3 Å². The number of piperidine rings is 1. The summed E-state index contributed by atoms with van der Waals surface area (Å²) < 4.78 is 5.20. The lowest BCUT2D eigenvalue weighted by Gasteiger charge is -2.35. The maximum Gasteiger partial charge on any atom is 0.253 e. The second kappa shape index (κ2) is 12.9. The molecular formula is C31H37N3O3. The molecule has 0 saturated carbocycles. The van der Waals surface area contributed by atoms with Crippen molar-refractivity contribution in [2.45, 2.75) is 44.6 Å². The summed E-state index contributed by atoms with van der Waals surface area (Å²) in [5.74, 6) is 0.741. The van der Waals surface area contributed by atoms with Crippen molar-refractivity contribution in [2.24, 2.45) is 0 Å². The van der Waals surface area contributed by atoms with Crippen LogP contribution >= 0.6 is 0 Å². The van der Waals surface area contributed by atoms with E-state index in [1.165, 1.54) is 0 Å². The summed E-state index contributed by atoms with van der Waals surface area (Å²) >= 11 is 0. The Kier molecular flexibility index (Phi) is 9.19. The van der Waals surface area contributed by atoms with Crippen molar-refractivity contribution in [1.29, 1.82) is 0 Å². The number of methoxy groups -OCH3 is 1. The number of ether oxygens (including phenoxy) is 1. The molecule has 0 bridgehead atoms. The number of nitrogens with zero attached hydrogens (tertiary/aromatic N) is 1. The molecule has 1 fully saturated rings. The molecule has 6 heteroatoms. The van der Waals surface area contributed by atoms with Gasteiger partial charge in [0.2, 0.25) is 5.91 Å². The maximum absolute atomic E-state index is 13.0. The summed E-state index contributed by atoms with van der Waals surface area (Å²) in [4.78, 5) is 28.3. The van der Waals surface area contributed by atoms with Crippen LogP contribution in [0.25, 0.3) is 0 Å². The van der Waals surface area contributed by atoms with Crippen LogP contribution in [0.1, 0.15) is 53.6 Å². The molecule has 1 atom stereocenters. The molecule has 2 amide bonds. The largest absolute Gasteiger partial charge is 0.497 e. The average Bonchev–Trinajstić information content (AvgIpc) is 2.95. The lowest BCUT2D eigenvalue weighted by Crippen LogP contribution is -2.46. The summed E-state index contributed by atoms with van der Waals surface area (Å²) in [5, 5.41) is 6.35. The fourth-order valence-electron chi connectivity index (χ4n) is 4.97. The number of hydrogen-bond donors (Lipinski definition) is 2. The van der Waals surface area contributed by atoms with Crippen molar-refractivity contribution in [1.82, 2.24) is 10.6 Å². The first-order valence-corrected chi connectivity index (χ1v) is 13.2. The van der Waals surface area contributed by atoms with Crippen molar-refractivity contribution >= 4 is 17.5 Å². The number of amides is 2. The fraction of sp³-hybridized carbons (Fsp3) is 0.355. The highest BCUT2D eigenvalue weighted by Gasteiger charge is 2.26. The number of nitrogens with one attached hydrogen (secondary N) is 2. The van der Waals surface area contributed by atoms with Gasteiger partial charge < -0.3 is 20.3 Å². The molecule has 1 aliphatic rings. The second-order valence-electron chi connectivity index (χ2n) is 9.51. The van der Waals surface area contributed by atoms with Gasteiger partial charge in [0.25, 0.3) is 5.91 Å². The Morgan fingerprint density at radius 2 is 1.62 bits per heavy atom. The van der Waals surface area contributed by atoms with Crippen LogP contribution in [0, 0.1) is 0 Å². The number of carbonyl (C=O) groups is 2. The lowest BCUT2D eigenvalue weighted by molar-refractivity contribution is -0.123. The van der Waals surface area contributed by atoms with E-state index in [1.807, 2.05) is 78.9 Å². The number of anilines is 1. The zero-order valence-electron chi connectivity index (χ0n) is 21.8. The molecule has 1 saturated heterocycles. The van der Waals surface area contributed by atoms with Crippen LogP contribution in [-0.4, -0.2) is 44.6 Å². The number of rotatable bonds is 10. The fourth-order valence-corrected chi connectivity index (χ4v) is 4.97. The highest BCUT2D eigenvalue weighted by molar-refractivity contribution is 5.99. The van der Waals surface area contributed by atoms with Gasteiger partial charge in [-0.15, -0.1) is 0 Å². The van der Waals surface area contributed by atoms with E-state index >= 15 is 0 Å². The van der Waals surface area contributed by atoms with Gasteiger partial charge in [-0.1, -0.05) is 61.5 Å². The highest BCUT2D eigenvalue weighted by atomic mass is 16.5. The van der Waals surface area contributed by atoms with Crippen LogP contribution in [0.2, 0.25) is 0 Å². The maximum atomic E-state index is 13.0.